The molecule has 19 heavy (non-hydrogen) atoms. The second kappa shape index (κ2) is 6.38. The van der Waals surface area contributed by atoms with Gasteiger partial charge < -0.3 is 10.4 Å². The predicted octanol–water partition coefficient (Wildman–Crippen LogP) is 2.61. The molecule has 0 fully saturated rings. The molecule has 0 unspecified atom stereocenters. The maximum absolute atomic E-state index is 8.86. The van der Waals surface area contributed by atoms with E-state index in [1.807, 2.05) is 35.1 Å². The van der Waals surface area contributed by atoms with Crippen molar-refractivity contribution in [1.29, 1.82) is 0 Å². The molecule has 1 aromatic heterocycles. The van der Waals surface area contributed by atoms with E-state index < -0.39 is 0 Å². The Balaban J connectivity index is 1.90. The van der Waals surface area contributed by atoms with Gasteiger partial charge in [0.1, 0.15) is 0 Å². The van der Waals surface area contributed by atoms with E-state index in [9.17, 15) is 0 Å². The largest absolute Gasteiger partial charge is 0.396 e. The van der Waals surface area contributed by atoms with Crippen LogP contribution in [-0.4, -0.2) is 21.5 Å². The minimum Gasteiger partial charge on any atom is -0.396 e. The third kappa shape index (κ3) is 3.83. The van der Waals surface area contributed by atoms with Crippen molar-refractivity contribution in [3.05, 3.63) is 47.8 Å². The zero-order valence-electron chi connectivity index (χ0n) is 11.5. The van der Waals surface area contributed by atoms with Gasteiger partial charge >= 0.3 is 0 Å². The molecular weight excluding hydrogens is 238 g/mol. The van der Waals surface area contributed by atoms with E-state index >= 15 is 0 Å². The molecule has 102 valence electrons. The van der Waals surface area contributed by atoms with Crippen LogP contribution in [0.2, 0.25) is 0 Å². The average Bonchev–Trinajstić information content (AvgIpc) is 2.87. The molecule has 0 aliphatic rings. The molecule has 0 aliphatic heterocycles. The van der Waals surface area contributed by atoms with Crippen molar-refractivity contribution in [2.24, 2.45) is 0 Å². The average molecular weight is 259 g/mol. The Morgan fingerprint density at radius 1 is 1.21 bits per heavy atom. The Labute approximate surface area is 114 Å². The maximum atomic E-state index is 8.86. The smallest absolute Gasteiger partial charge is 0.0539 e. The Bertz CT molecular complexity index is 502. The first-order valence-electron chi connectivity index (χ1n) is 6.65. The van der Waals surface area contributed by atoms with Gasteiger partial charge in [0.05, 0.1) is 6.20 Å². The quantitative estimate of drug-likeness (QED) is 0.838. The number of hydrogen-bond donors (Lipinski definition) is 2. The third-order valence-corrected chi connectivity index (χ3v) is 3.04. The summed E-state index contributed by atoms with van der Waals surface area (Å²) < 4.78 is 1.96. The normalized spacial score (nSPS) is 10.9. The van der Waals surface area contributed by atoms with E-state index in [0.29, 0.717) is 12.5 Å². The zero-order valence-corrected chi connectivity index (χ0v) is 11.5. The summed E-state index contributed by atoms with van der Waals surface area (Å²) in [5, 5.41) is 16.5. The molecule has 1 aromatic carbocycles. The van der Waals surface area contributed by atoms with E-state index in [-0.39, 0.29) is 6.61 Å². The monoisotopic (exact) mass is 259 g/mol. The lowest BCUT2D eigenvalue weighted by Gasteiger charge is -2.06. The fourth-order valence-electron chi connectivity index (χ4n) is 1.87. The molecule has 1 heterocycles. The Kier molecular flexibility index (Phi) is 4.58. The lowest BCUT2D eigenvalue weighted by Crippen LogP contribution is -2.01. The number of benzene rings is 1. The van der Waals surface area contributed by atoms with Gasteiger partial charge in [-0.15, -0.1) is 0 Å². The Morgan fingerprint density at radius 3 is 2.53 bits per heavy atom. The molecule has 2 rings (SSSR count). The zero-order chi connectivity index (χ0) is 13.7. The van der Waals surface area contributed by atoms with Crippen molar-refractivity contribution in [1.82, 2.24) is 9.78 Å². The summed E-state index contributed by atoms with van der Waals surface area (Å²) in [5.41, 5.74) is 3.41. The van der Waals surface area contributed by atoms with Crippen molar-refractivity contribution in [3.63, 3.8) is 0 Å². The minimum absolute atomic E-state index is 0.196. The van der Waals surface area contributed by atoms with Crippen LogP contribution < -0.4 is 5.32 Å². The van der Waals surface area contributed by atoms with Gasteiger partial charge in [0, 0.05) is 36.6 Å². The molecule has 0 saturated carbocycles. The Morgan fingerprint density at radius 2 is 1.95 bits per heavy atom. The maximum Gasteiger partial charge on any atom is 0.0539 e. The molecule has 0 atom stereocenters. The van der Waals surface area contributed by atoms with Crippen LogP contribution in [-0.2, 0) is 13.0 Å². The molecule has 0 saturated heterocycles. The number of nitrogens with zero attached hydrogens (tertiary/aromatic N) is 2. The van der Waals surface area contributed by atoms with Gasteiger partial charge in [-0.25, -0.2) is 0 Å². The van der Waals surface area contributed by atoms with Crippen LogP contribution in [0.15, 0.2) is 36.7 Å². The summed E-state index contributed by atoms with van der Waals surface area (Å²) in [6, 6.07) is 8.55. The highest BCUT2D eigenvalue weighted by Gasteiger charge is 2.01. The van der Waals surface area contributed by atoms with Crippen LogP contribution in [0.5, 0.6) is 0 Å². The molecule has 0 spiro atoms. The van der Waals surface area contributed by atoms with Crippen molar-refractivity contribution >= 4 is 5.69 Å². The van der Waals surface area contributed by atoms with Gasteiger partial charge in [0.2, 0.25) is 0 Å². The fourth-order valence-corrected chi connectivity index (χ4v) is 1.87. The van der Waals surface area contributed by atoms with Gasteiger partial charge in [0.15, 0.2) is 0 Å². The lowest BCUT2D eigenvalue weighted by atomic mass is 10.1. The van der Waals surface area contributed by atoms with E-state index in [1.165, 1.54) is 5.56 Å². The van der Waals surface area contributed by atoms with Crippen LogP contribution in [0.25, 0.3) is 0 Å². The van der Waals surface area contributed by atoms with Crippen molar-refractivity contribution in [2.45, 2.75) is 32.9 Å². The number of aliphatic hydroxyl groups excluding tert-OH is 1. The molecule has 0 amide bonds. The number of nitrogens with one attached hydrogen (secondary N) is 1. The van der Waals surface area contributed by atoms with Crippen LogP contribution >= 0.6 is 0 Å². The second-order valence-electron chi connectivity index (χ2n) is 4.95. The summed E-state index contributed by atoms with van der Waals surface area (Å²) in [6.45, 7) is 5.20. The van der Waals surface area contributed by atoms with E-state index in [1.54, 1.807) is 0 Å². The van der Waals surface area contributed by atoms with E-state index in [2.05, 4.69) is 30.5 Å². The molecule has 0 aliphatic carbocycles. The molecule has 0 bridgehead atoms. The first-order chi connectivity index (χ1) is 9.19. The molecule has 2 N–H and O–H groups in total. The first kappa shape index (κ1) is 13.6. The lowest BCUT2D eigenvalue weighted by molar-refractivity contribution is 0.299. The highest BCUT2D eigenvalue weighted by Crippen LogP contribution is 2.12. The van der Waals surface area contributed by atoms with Gasteiger partial charge in [0.25, 0.3) is 0 Å². The summed E-state index contributed by atoms with van der Waals surface area (Å²) in [7, 11) is 0. The summed E-state index contributed by atoms with van der Waals surface area (Å²) in [5.74, 6) is 0. The Hall–Kier alpha value is -1.81. The second-order valence-corrected chi connectivity index (χ2v) is 4.95. The van der Waals surface area contributed by atoms with Crippen LogP contribution in [0.3, 0.4) is 0 Å². The molecular formula is C15H21N3O. The molecule has 4 heteroatoms. The van der Waals surface area contributed by atoms with Gasteiger partial charge in [-0.05, 0) is 38.0 Å². The van der Waals surface area contributed by atoms with Gasteiger partial charge in [-0.2, -0.15) is 5.10 Å². The van der Waals surface area contributed by atoms with Crippen molar-refractivity contribution in [2.75, 3.05) is 11.9 Å². The summed E-state index contributed by atoms with van der Waals surface area (Å²) in [4.78, 5) is 0. The number of aromatic nitrogens is 2. The summed E-state index contributed by atoms with van der Waals surface area (Å²) >= 11 is 0. The van der Waals surface area contributed by atoms with Crippen molar-refractivity contribution < 1.29 is 5.11 Å². The number of hydrogen-bond acceptors (Lipinski definition) is 3. The van der Waals surface area contributed by atoms with Crippen LogP contribution in [0, 0.1) is 0 Å². The number of anilines is 1. The van der Waals surface area contributed by atoms with Gasteiger partial charge in [-0.3, -0.25) is 4.68 Å². The van der Waals surface area contributed by atoms with Crippen LogP contribution in [0.1, 0.15) is 31.0 Å². The highest BCUT2D eigenvalue weighted by atomic mass is 16.2. The number of rotatable bonds is 6. The van der Waals surface area contributed by atoms with E-state index in [4.69, 9.17) is 5.11 Å². The first-order valence-corrected chi connectivity index (χ1v) is 6.65. The van der Waals surface area contributed by atoms with E-state index in [0.717, 1.165) is 17.8 Å². The standard InChI is InChI=1S/C15H21N3O/c1-12(2)18-11-14(10-17-18)9-16-15-5-3-13(4-6-15)7-8-19/h3-6,10-12,16,19H,7-9H2,1-2H3. The molecule has 2 aromatic rings. The van der Waals surface area contributed by atoms with Gasteiger partial charge in [-0.1, -0.05) is 12.1 Å². The molecule has 4 nitrogen and oxygen atoms in total. The topological polar surface area (TPSA) is 50.1 Å². The number of aliphatic hydroxyl groups is 1. The van der Waals surface area contributed by atoms with Crippen molar-refractivity contribution in [3.8, 4) is 0 Å². The highest BCUT2D eigenvalue weighted by molar-refractivity contribution is 5.45. The SMILES string of the molecule is CC(C)n1cc(CNc2ccc(CCO)cc2)cn1. The molecule has 0 radical (unpaired) electrons. The third-order valence-electron chi connectivity index (χ3n) is 3.04. The fraction of sp³-hybridized carbons (Fsp3) is 0.400. The summed E-state index contributed by atoms with van der Waals surface area (Å²) in [6.07, 6.45) is 4.67. The minimum atomic E-state index is 0.196. The van der Waals surface area contributed by atoms with Crippen LogP contribution in [0.4, 0.5) is 5.69 Å². The predicted molar refractivity (Wildman–Crippen MR) is 77.2 cm³/mol.